The van der Waals surface area contributed by atoms with Crippen LogP contribution in [0.25, 0.3) is 0 Å². The van der Waals surface area contributed by atoms with E-state index in [0.29, 0.717) is 38.2 Å². The summed E-state index contributed by atoms with van der Waals surface area (Å²) in [5.41, 5.74) is -0.574. The minimum Gasteiger partial charge on any atom is -0.468 e. The van der Waals surface area contributed by atoms with Gasteiger partial charge < -0.3 is 18.9 Å². The molecule has 4 rings (SSSR count). The van der Waals surface area contributed by atoms with Gasteiger partial charge in [0.15, 0.2) is 0 Å². The van der Waals surface area contributed by atoms with Crippen LogP contribution in [0.5, 0.6) is 0 Å². The Bertz CT molecular complexity index is 541. The van der Waals surface area contributed by atoms with Gasteiger partial charge in [0, 0.05) is 24.9 Å². The van der Waals surface area contributed by atoms with Crippen molar-refractivity contribution in [1.29, 1.82) is 0 Å². The van der Waals surface area contributed by atoms with E-state index >= 15 is 0 Å². The van der Waals surface area contributed by atoms with Crippen molar-refractivity contribution in [3.8, 4) is 0 Å². The quantitative estimate of drug-likeness (QED) is 0.748. The summed E-state index contributed by atoms with van der Waals surface area (Å²) in [6.45, 7) is 2.24. The number of aromatic nitrogens is 2. The maximum Gasteiger partial charge on any atom is 0.316 e. The second-order valence-electron chi connectivity index (χ2n) is 5.95. The molecule has 0 N–H and O–H groups in total. The van der Waals surface area contributed by atoms with E-state index < -0.39 is 5.41 Å². The number of nitrogens with zero attached hydrogens (tertiary/aromatic N) is 3. The summed E-state index contributed by atoms with van der Waals surface area (Å²) >= 11 is 0. The highest BCUT2D eigenvalue weighted by atomic mass is 16.5. The van der Waals surface area contributed by atoms with E-state index in [1.54, 1.807) is 0 Å². The highest BCUT2D eigenvalue weighted by molar-refractivity contribution is 5.79. The number of rotatable bonds is 3. The summed E-state index contributed by atoms with van der Waals surface area (Å²) in [5.74, 6) is 1.69. The molecule has 0 amide bonds. The molecule has 1 saturated carbocycles. The monoisotopic (exact) mass is 279 g/mol. The average Bonchev–Trinajstić information content (AvgIpc) is 2.89. The van der Waals surface area contributed by atoms with Gasteiger partial charge in [0.2, 0.25) is 5.89 Å². The van der Waals surface area contributed by atoms with Crippen molar-refractivity contribution in [2.24, 2.45) is 11.3 Å². The lowest BCUT2D eigenvalue weighted by Crippen LogP contribution is -2.40. The lowest BCUT2D eigenvalue weighted by Gasteiger charge is -2.23. The molecule has 1 aromatic rings. The topological polar surface area (TPSA) is 77.7 Å². The lowest BCUT2D eigenvalue weighted by molar-refractivity contribution is -0.152. The lowest BCUT2D eigenvalue weighted by atomic mass is 9.81. The van der Waals surface area contributed by atoms with Crippen molar-refractivity contribution < 1.29 is 18.8 Å². The van der Waals surface area contributed by atoms with Crippen molar-refractivity contribution in [3.63, 3.8) is 0 Å². The Morgan fingerprint density at radius 3 is 3.10 bits per heavy atom. The number of hydrogen-bond acceptors (Lipinski definition) is 7. The normalized spacial score (nSPS) is 32.5. The number of methoxy groups -OCH3 is 1. The highest BCUT2D eigenvalue weighted by Gasteiger charge is 2.57. The van der Waals surface area contributed by atoms with Crippen LogP contribution >= 0.6 is 0 Å². The molecule has 1 aliphatic carbocycles. The third-order valence-electron chi connectivity index (χ3n) is 4.61. The van der Waals surface area contributed by atoms with Gasteiger partial charge in [0.05, 0.1) is 20.3 Å². The molecule has 2 aliphatic heterocycles. The van der Waals surface area contributed by atoms with Gasteiger partial charge in [-0.1, -0.05) is 0 Å². The van der Waals surface area contributed by atoms with Crippen LogP contribution < -0.4 is 4.90 Å². The molecule has 0 bridgehead atoms. The van der Waals surface area contributed by atoms with E-state index in [2.05, 4.69) is 10.1 Å². The molecule has 2 saturated heterocycles. The molecule has 7 heteroatoms. The standard InChI is InChI=1S/C13H17N3O4/c1-18-11(17)13-6-16(4-9(13)5-19-7-13)12-14-10(20-15-12)8-2-3-8/h8-9H,2-7H2,1H3/t9-,13-/m0/s1. The van der Waals surface area contributed by atoms with Crippen molar-refractivity contribution in [2.45, 2.75) is 18.8 Å². The maximum atomic E-state index is 12.1. The molecule has 20 heavy (non-hydrogen) atoms. The Labute approximate surface area is 116 Å². The van der Waals surface area contributed by atoms with Crippen LogP contribution in [0.3, 0.4) is 0 Å². The predicted octanol–water partition coefficient (Wildman–Crippen LogP) is 0.573. The Kier molecular flexibility index (Phi) is 2.54. The zero-order valence-corrected chi connectivity index (χ0v) is 11.4. The number of ether oxygens (including phenoxy) is 2. The fraction of sp³-hybridized carbons (Fsp3) is 0.769. The van der Waals surface area contributed by atoms with Gasteiger partial charge in [-0.25, -0.2) is 0 Å². The van der Waals surface area contributed by atoms with Crippen LogP contribution in [0.4, 0.5) is 5.95 Å². The smallest absolute Gasteiger partial charge is 0.316 e. The van der Waals surface area contributed by atoms with Gasteiger partial charge in [-0.05, 0) is 18.0 Å². The Hall–Kier alpha value is -1.63. The van der Waals surface area contributed by atoms with Gasteiger partial charge in [-0.3, -0.25) is 4.79 Å². The van der Waals surface area contributed by atoms with Gasteiger partial charge in [-0.2, -0.15) is 4.98 Å². The first-order chi connectivity index (χ1) is 9.73. The molecule has 0 aromatic carbocycles. The second kappa shape index (κ2) is 4.18. The summed E-state index contributed by atoms with van der Waals surface area (Å²) in [5, 5.41) is 4.05. The van der Waals surface area contributed by atoms with Gasteiger partial charge in [0.25, 0.3) is 5.95 Å². The zero-order valence-electron chi connectivity index (χ0n) is 11.4. The molecule has 2 atom stereocenters. The van der Waals surface area contributed by atoms with Crippen molar-refractivity contribution in [1.82, 2.24) is 10.1 Å². The summed E-state index contributed by atoms with van der Waals surface area (Å²) in [7, 11) is 1.43. The minimum atomic E-state index is -0.574. The van der Waals surface area contributed by atoms with E-state index in [9.17, 15) is 4.79 Å². The van der Waals surface area contributed by atoms with E-state index in [1.807, 2.05) is 4.90 Å². The molecule has 0 radical (unpaired) electrons. The van der Waals surface area contributed by atoms with E-state index in [0.717, 1.165) is 18.7 Å². The molecule has 108 valence electrons. The molecule has 0 spiro atoms. The number of esters is 1. The third kappa shape index (κ3) is 1.65. The molecular weight excluding hydrogens is 262 g/mol. The number of carbonyl (C=O) groups is 1. The summed E-state index contributed by atoms with van der Waals surface area (Å²) in [6, 6.07) is 0. The van der Waals surface area contributed by atoms with E-state index in [-0.39, 0.29) is 11.9 Å². The molecule has 3 heterocycles. The van der Waals surface area contributed by atoms with E-state index in [4.69, 9.17) is 14.0 Å². The van der Waals surface area contributed by atoms with Gasteiger partial charge in [0.1, 0.15) is 5.41 Å². The maximum absolute atomic E-state index is 12.1. The fourth-order valence-corrected chi connectivity index (χ4v) is 3.23. The van der Waals surface area contributed by atoms with Crippen molar-refractivity contribution in [2.75, 3.05) is 38.3 Å². The van der Waals surface area contributed by atoms with Crippen LogP contribution in [-0.2, 0) is 14.3 Å². The molecule has 3 aliphatic rings. The molecule has 3 fully saturated rings. The summed E-state index contributed by atoms with van der Waals surface area (Å²) in [4.78, 5) is 18.6. The average molecular weight is 279 g/mol. The summed E-state index contributed by atoms with van der Waals surface area (Å²) in [6.07, 6.45) is 2.26. The molecule has 1 aromatic heterocycles. The Morgan fingerprint density at radius 2 is 2.35 bits per heavy atom. The number of fused-ring (bicyclic) bond motifs is 1. The fourth-order valence-electron chi connectivity index (χ4n) is 3.23. The minimum absolute atomic E-state index is 0.137. The number of carbonyl (C=O) groups excluding carboxylic acids is 1. The van der Waals surface area contributed by atoms with Crippen LogP contribution in [0, 0.1) is 11.3 Å². The SMILES string of the molecule is COC(=O)[C@@]12COC[C@@H]1CN(c1noc(C3CC3)n1)C2. The zero-order chi connectivity index (χ0) is 13.7. The first-order valence-electron chi connectivity index (χ1n) is 6.97. The Balaban J connectivity index is 1.57. The summed E-state index contributed by atoms with van der Waals surface area (Å²) < 4.78 is 15.7. The van der Waals surface area contributed by atoms with Gasteiger partial charge >= 0.3 is 5.97 Å². The first-order valence-corrected chi connectivity index (χ1v) is 6.97. The van der Waals surface area contributed by atoms with Crippen LogP contribution in [0.2, 0.25) is 0 Å². The Morgan fingerprint density at radius 1 is 1.50 bits per heavy atom. The second-order valence-corrected chi connectivity index (χ2v) is 5.95. The first kappa shape index (κ1) is 12.1. The number of hydrogen-bond donors (Lipinski definition) is 0. The van der Waals surface area contributed by atoms with E-state index in [1.165, 1.54) is 7.11 Å². The molecular formula is C13H17N3O4. The molecule has 7 nitrogen and oxygen atoms in total. The van der Waals surface area contributed by atoms with Crippen LogP contribution in [0.15, 0.2) is 4.52 Å². The van der Waals surface area contributed by atoms with Crippen LogP contribution in [-0.4, -0.2) is 49.5 Å². The van der Waals surface area contributed by atoms with Crippen molar-refractivity contribution >= 4 is 11.9 Å². The predicted molar refractivity (Wildman–Crippen MR) is 67.2 cm³/mol. The van der Waals surface area contributed by atoms with Gasteiger partial charge in [-0.15, -0.1) is 0 Å². The largest absolute Gasteiger partial charge is 0.468 e. The third-order valence-corrected chi connectivity index (χ3v) is 4.61. The van der Waals surface area contributed by atoms with Crippen molar-refractivity contribution in [3.05, 3.63) is 5.89 Å². The highest BCUT2D eigenvalue weighted by Crippen LogP contribution is 2.44. The van der Waals surface area contributed by atoms with Crippen LogP contribution in [0.1, 0.15) is 24.7 Å². The number of anilines is 1. The molecule has 0 unspecified atom stereocenters.